The van der Waals surface area contributed by atoms with Crippen LogP contribution in [0.1, 0.15) is 62.8 Å². The predicted molar refractivity (Wildman–Crippen MR) is 111 cm³/mol. The number of amides is 1. The first-order valence-electron chi connectivity index (χ1n) is 10.1. The molecule has 0 aliphatic rings. The van der Waals surface area contributed by atoms with Gasteiger partial charge in [-0.25, -0.2) is 0 Å². The van der Waals surface area contributed by atoms with E-state index in [4.69, 9.17) is 4.52 Å². The summed E-state index contributed by atoms with van der Waals surface area (Å²) in [6.07, 6.45) is 12.3. The number of unbranched alkanes of at least 4 members (excludes halogenated alkanes) is 5. The molecule has 1 amide bonds. The number of nitrogens with one attached hydrogen (secondary N) is 1. The highest BCUT2D eigenvalue weighted by atomic mass is 32.1. The largest absolute Gasteiger partial charge is 0.339 e. The Kier molecular flexibility index (Phi) is 8.24. The van der Waals surface area contributed by atoms with Crippen molar-refractivity contribution < 1.29 is 9.32 Å². The smallest absolute Gasteiger partial charge is 0.227 e. The van der Waals surface area contributed by atoms with E-state index in [1.807, 2.05) is 0 Å². The van der Waals surface area contributed by atoms with Crippen LogP contribution in [0.3, 0.4) is 0 Å². The van der Waals surface area contributed by atoms with Crippen LogP contribution in [-0.4, -0.2) is 31.2 Å². The van der Waals surface area contributed by atoms with E-state index in [0.29, 0.717) is 23.3 Å². The molecule has 0 aromatic carbocycles. The first-order valence-corrected chi connectivity index (χ1v) is 10.9. The molecule has 3 aromatic rings. The Bertz CT molecular complexity index is 880. The molecule has 3 aromatic heterocycles. The number of rotatable bonds is 12. The first-order chi connectivity index (χ1) is 14.2. The number of pyridine rings is 1. The summed E-state index contributed by atoms with van der Waals surface area (Å²) in [7, 11) is 0. The van der Waals surface area contributed by atoms with Crippen molar-refractivity contribution in [2.24, 2.45) is 0 Å². The van der Waals surface area contributed by atoms with Crippen LogP contribution < -0.4 is 5.32 Å². The van der Waals surface area contributed by atoms with E-state index in [0.717, 1.165) is 23.4 Å². The molecule has 0 radical (unpaired) electrons. The third-order valence-corrected chi connectivity index (χ3v) is 5.33. The van der Waals surface area contributed by atoms with Gasteiger partial charge in [0.1, 0.15) is 5.01 Å². The van der Waals surface area contributed by atoms with Crippen LogP contribution in [-0.2, 0) is 17.6 Å². The van der Waals surface area contributed by atoms with E-state index < -0.39 is 0 Å². The fourth-order valence-corrected chi connectivity index (χ4v) is 3.64. The lowest BCUT2D eigenvalue weighted by Gasteiger charge is -1.99. The number of hydrogen-bond donors (Lipinski definition) is 1. The zero-order valence-electron chi connectivity index (χ0n) is 16.6. The van der Waals surface area contributed by atoms with Gasteiger partial charge in [0, 0.05) is 37.2 Å². The fraction of sp³-hybridized carbons (Fsp3) is 0.500. The number of carbonyl (C=O) groups excluding carboxylic acids is 1. The van der Waals surface area contributed by atoms with Crippen LogP contribution in [0.5, 0.6) is 0 Å². The molecule has 3 rings (SSSR count). The van der Waals surface area contributed by atoms with E-state index in [9.17, 15) is 4.79 Å². The van der Waals surface area contributed by atoms with Crippen molar-refractivity contribution in [3.05, 3.63) is 35.4 Å². The van der Waals surface area contributed by atoms with E-state index in [1.54, 1.807) is 24.5 Å². The maximum Gasteiger partial charge on any atom is 0.227 e. The number of aromatic nitrogens is 5. The molecule has 3 heterocycles. The molecule has 0 spiro atoms. The lowest BCUT2D eigenvalue weighted by Crippen LogP contribution is -2.12. The summed E-state index contributed by atoms with van der Waals surface area (Å²) in [5, 5.41) is 16.5. The van der Waals surface area contributed by atoms with Gasteiger partial charge in [-0.3, -0.25) is 9.78 Å². The van der Waals surface area contributed by atoms with Gasteiger partial charge in [0.15, 0.2) is 0 Å². The fourth-order valence-electron chi connectivity index (χ4n) is 2.84. The summed E-state index contributed by atoms with van der Waals surface area (Å²) >= 11 is 1.44. The predicted octanol–water partition coefficient (Wildman–Crippen LogP) is 4.46. The van der Waals surface area contributed by atoms with Crippen LogP contribution in [0, 0.1) is 0 Å². The van der Waals surface area contributed by atoms with Crippen molar-refractivity contribution in [3.63, 3.8) is 0 Å². The Morgan fingerprint density at radius 2 is 1.86 bits per heavy atom. The summed E-state index contributed by atoms with van der Waals surface area (Å²) in [6, 6.07) is 3.61. The van der Waals surface area contributed by atoms with Gasteiger partial charge in [-0.05, 0) is 18.6 Å². The minimum Gasteiger partial charge on any atom is -0.339 e. The maximum atomic E-state index is 12.2. The number of nitrogens with zero attached hydrogens (tertiary/aromatic N) is 5. The number of aryl methyl sites for hydroxylation is 2. The highest BCUT2D eigenvalue weighted by Crippen LogP contribution is 2.19. The topological polar surface area (TPSA) is 107 Å². The zero-order valence-corrected chi connectivity index (χ0v) is 17.5. The molecule has 0 unspecified atom stereocenters. The molecule has 0 fully saturated rings. The SMILES string of the molecule is CCCCCCCCc1nnc(NC(=O)CCc2nc(-c3ccncc3)no2)s1. The normalized spacial score (nSPS) is 10.9. The highest BCUT2D eigenvalue weighted by molar-refractivity contribution is 7.15. The Balaban J connectivity index is 1.38. The third kappa shape index (κ3) is 7.01. The van der Waals surface area contributed by atoms with E-state index in [1.165, 1.54) is 43.4 Å². The van der Waals surface area contributed by atoms with Gasteiger partial charge in [-0.15, -0.1) is 10.2 Å². The van der Waals surface area contributed by atoms with E-state index in [-0.39, 0.29) is 12.3 Å². The van der Waals surface area contributed by atoms with Gasteiger partial charge in [-0.1, -0.05) is 55.5 Å². The molecule has 0 saturated carbocycles. The summed E-state index contributed by atoms with van der Waals surface area (Å²) in [4.78, 5) is 20.4. The van der Waals surface area contributed by atoms with Crippen LogP contribution in [0.2, 0.25) is 0 Å². The van der Waals surface area contributed by atoms with Crippen LogP contribution in [0.4, 0.5) is 5.13 Å². The van der Waals surface area contributed by atoms with Crippen molar-refractivity contribution in [1.82, 2.24) is 25.3 Å². The first kappa shape index (κ1) is 21.0. The quantitative estimate of drug-likeness (QED) is 0.436. The molecule has 0 saturated heterocycles. The van der Waals surface area contributed by atoms with Crippen molar-refractivity contribution in [2.45, 2.75) is 64.7 Å². The van der Waals surface area contributed by atoms with Crippen molar-refractivity contribution >= 4 is 22.4 Å². The summed E-state index contributed by atoms with van der Waals surface area (Å²) in [5.41, 5.74) is 0.825. The highest BCUT2D eigenvalue weighted by Gasteiger charge is 2.12. The Hall–Kier alpha value is -2.68. The number of carbonyl (C=O) groups is 1. The Labute approximate surface area is 174 Å². The van der Waals surface area contributed by atoms with E-state index in [2.05, 4.69) is 37.6 Å². The monoisotopic (exact) mass is 414 g/mol. The minimum atomic E-state index is -0.143. The van der Waals surface area contributed by atoms with Gasteiger partial charge in [-0.2, -0.15) is 4.98 Å². The molecule has 9 heteroatoms. The van der Waals surface area contributed by atoms with Gasteiger partial charge >= 0.3 is 0 Å². The molecular weight excluding hydrogens is 388 g/mol. The average molecular weight is 415 g/mol. The molecule has 0 atom stereocenters. The van der Waals surface area contributed by atoms with Gasteiger partial charge in [0.05, 0.1) is 0 Å². The van der Waals surface area contributed by atoms with E-state index >= 15 is 0 Å². The van der Waals surface area contributed by atoms with Crippen molar-refractivity contribution in [2.75, 3.05) is 5.32 Å². The van der Waals surface area contributed by atoms with Crippen LogP contribution in [0.25, 0.3) is 11.4 Å². The van der Waals surface area contributed by atoms with Crippen molar-refractivity contribution in [3.8, 4) is 11.4 Å². The molecule has 154 valence electrons. The minimum absolute atomic E-state index is 0.143. The molecule has 1 N–H and O–H groups in total. The molecule has 8 nitrogen and oxygen atoms in total. The van der Waals surface area contributed by atoms with Gasteiger partial charge in [0.25, 0.3) is 0 Å². The van der Waals surface area contributed by atoms with Crippen LogP contribution in [0.15, 0.2) is 29.0 Å². The lowest BCUT2D eigenvalue weighted by atomic mass is 10.1. The second-order valence-electron chi connectivity index (χ2n) is 6.81. The third-order valence-electron chi connectivity index (χ3n) is 4.43. The Morgan fingerprint density at radius 1 is 1.07 bits per heavy atom. The van der Waals surface area contributed by atoms with Crippen LogP contribution >= 0.6 is 11.3 Å². The molecule has 0 aliphatic heterocycles. The zero-order chi connectivity index (χ0) is 20.3. The summed E-state index contributed by atoms with van der Waals surface area (Å²) in [6.45, 7) is 2.22. The maximum absolute atomic E-state index is 12.2. The number of hydrogen-bond acceptors (Lipinski definition) is 8. The summed E-state index contributed by atoms with van der Waals surface area (Å²) < 4.78 is 5.22. The molecular formula is C20H26N6O2S. The Morgan fingerprint density at radius 3 is 2.69 bits per heavy atom. The molecule has 0 aliphatic carbocycles. The second kappa shape index (κ2) is 11.4. The summed E-state index contributed by atoms with van der Waals surface area (Å²) in [5.74, 6) is 0.773. The number of anilines is 1. The molecule has 0 bridgehead atoms. The average Bonchev–Trinajstić information content (AvgIpc) is 3.39. The van der Waals surface area contributed by atoms with Crippen molar-refractivity contribution in [1.29, 1.82) is 0 Å². The van der Waals surface area contributed by atoms with Gasteiger partial charge in [0.2, 0.25) is 22.8 Å². The van der Waals surface area contributed by atoms with Gasteiger partial charge < -0.3 is 9.84 Å². The second-order valence-corrected chi connectivity index (χ2v) is 7.88. The standard InChI is InChI=1S/C20H26N6O2S/c1-2-3-4-5-6-7-8-18-24-25-20(29-18)22-16(27)9-10-17-23-19(26-28-17)15-11-13-21-14-12-15/h11-14H,2-10H2,1H3,(H,22,25,27). The molecule has 29 heavy (non-hydrogen) atoms. The lowest BCUT2D eigenvalue weighted by molar-refractivity contribution is -0.116.